The van der Waals surface area contributed by atoms with E-state index in [2.05, 4.69) is 13.7 Å². The fourth-order valence-corrected chi connectivity index (χ4v) is 1.95. The number of aromatic nitrogens is 4. The summed E-state index contributed by atoms with van der Waals surface area (Å²) in [6.45, 7) is 0. The Morgan fingerprint density at radius 1 is 1.21 bits per heavy atom. The van der Waals surface area contributed by atoms with E-state index in [0.717, 1.165) is 16.7 Å². The SMILES string of the molecule is c1cc(-n2ccnc2)c2nsnc2c1. The van der Waals surface area contributed by atoms with E-state index in [4.69, 9.17) is 0 Å². The van der Waals surface area contributed by atoms with Gasteiger partial charge in [0.25, 0.3) is 0 Å². The van der Waals surface area contributed by atoms with Crippen molar-refractivity contribution in [1.29, 1.82) is 0 Å². The van der Waals surface area contributed by atoms with Crippen LogP contribution in [-0.2, 0) is 0 Å². The molecule has 14 heavy (non-hydrogen) atoms. The van der Waals surface area contributed by atoms with Crippen LogP contribution in [0.3, 0.4) is 0 Å². The minimum Gasteiger partial charge on any atom is -0.304 e. The van der Waals surface area contributed by atoms with Gasteiger partial charge in [-0.3, -0.25) is 0 Å². The monoisotopic (exact) mass is 202 g/mol. The molecule has 2 heterocycles. The molecule has 2 aromatic heterocycles. The van der Waals surface area contributed by atoms with Crippen molar-refractivity contribution < 1.29 is 0 Å². The molecule has 3 rings (SSSR count). The van der Waals surface area contributed by atoms with Gasteiger partial charge in [0.2, 0.25) is 0 Å². The maximum absolute atomic E-state index is 4.26. The van der Waals surface area contributed by atoms with Crippen LogP contribution in [0.4, 0.5) is 0 Å². The molecule has 1 aromatic carbocycles. The first kappa shape index (κ1) is 7.64. The Balaban J connectivity index is 2.36. The van der Waals surface area contributed by atoms with Gasteiger partial charge < -0.3 is 4.57 Å². The number of fused-ring (bicyclic) bond motifs is 1. The highest BCUT2D eigenvalue weighted by atomic mass is 32.1. The smallest absolute Gasteiger partial charge is 0.128 e. The minimum atomic E-state index is 0.926. The molecule has 0 aliphatic carbocycles. The average molecular weight is 202 g/mol. The van der Waals surface area contributed by atoms with E-state index in [-0.39, 0.29) is 0 Å². The summed E-state index contributed by atoms with van der Waals surface area (Å²) in [5.41, 5.74) is 2.88. The van der Waals surface area contributed by atoms with Gasteiger partial charge in [-0.15, -0.1) is 0 Å². The molecule has 68 valence electrons. The van der Waals surface area contributed by atoms with Crippen LogP contribution >= 0.6 is 11.7 Å². The third kappa shape index (κ3) is 1.03. The minimum absolute atomic E-state index is 0.926. The summed E-state index contributed by atoms with van der Waals surface area (Å²) in [6.07, 6.45) is 5.40. The molecule has 0 amide bonds. The fourth-order valence-electron chi connectivity index (χ4n) is 1.40. The van der Waals surface area contributed by atoms with Crippen LogP contribution in [-0.4, -0.2) is 18.3 Å². The van der Waals surface area contributed by atoms with Crippen molar-refractivity contribution in [2.24, 2.45) is 0 Å². The van der Waals surface area contributed by atoms with Gasteiger partial charge in [-0.05, 0) is 12.1 Å². The van der Waals surface area contributed by atoms with Gasteiger partial charge >= 0.3 is 0 Å². The van der Waals surface area contributed by atoms with Crippen LogP contribution in [0.2, 0.25) is 0 Å². The van der Waals surface area contributed by atoms with Gasteiger partial charge in [-0.1, -0.05) is 6.07 Å². The Labute approximate surface area is 84.2 Å². The van der Waals surface area contributed by atoms with Crippen LogP contribution in [0.5, 0.6) is 0 Å². The summed E-state index contributed by atoms with van der Waals surface area (Å²) in [5, 5.41) is 0. The number of hydrogen-bond acceptors (Lipinski definition) is 4. The lowest BCUT2D eigenvalue weighted by Crippen LogP contribution is -1.90. The van der Waals surface area contributed by atoms with Gasteiger partial charge in [0.05, 0.1) is 23.7 Å². The van der Waals surface area contributed by atoms with E-state index in [1.165, 1.54) is 11.7 Å². The van der Waals surface area contributed by atoms with Crippen molar-refractivity contribution in [2.45, 2.75) is 0 Å². The molecule has 0 spiro atoms. The van der Waals surface area contributed by atoms with Gasteiger partial charge in [0, 0.05) is 12.4 Å². The van der Waals surface area contributed by atoms with Crippen LogP contribution in [0.1, 0.15) is 0 Å². The van der Waals surface area contributed by atoms with E-state index in [1.54, 1.807) is 12.5 Å². The highest BCUT2D eigenvalue weighted by Gasteiger charge is 2.05. The molecular weight excluding hydrogens is 196 g/mol. The Bertz CT molecular complexity index is 555. The molecule has 0 bridgehead atoms. The first-order chi connectivity index (χ1) is 6.95. The van der Waals surface area contributed by atoms with Crippen molar-refractivity contribution in [3.63, 3.8) is 0 Å². The lowest BCUT2D eigenvalue weighted by Gasteiger charge is -2.00. The van der Waals surface area contributed by atoms with Crippen molar-refractivity contribution in [1.82, 2.24) is 18.3 Å². The molecule has 0 saturated heterocycles. The second-order valence-corrected chi connectivity index (χ2v) is 3.41. The second-order valence-electron chi connectivity index (χ2n) is 2.88. The largest absolute Gasteiger partial charge is 0.304 e. The van der Waals surface area contributed by atoms with Crippen LogP contribution in [0, 0.1) is 0 Å². The average Bonchev–Trinajstić information content (AvgIpc) is 2.88. The quantitative estimate of drug-likeness (QED) is 0.605. The summed E-state index contributed by atoms with van der Waals surface area (Å²) < 4.78 is 10.4. The third-order valence-corrected chi connectivity index (χ3v) is 2.59. The molecule has 0 aliphatic rings. The van der Waals surface area contributed by atoms with E-state index in [0.29, 0.717) is 0 Å². The zero-order valence-electron chi connectivity index (χ0n) is 7.16. The summed E-state index contributed by atoms with van der Waals surface area (Å²) in [6, 6.07) is 5.93. The van der Waals surface area contributed by atoms with Gasteiger partial charge in [0.15, 0.2) is 0 Å². The number of rotatable bonds is 1. The summed E-state index contributed by atoms with van der Waals surface area (Å²) in [7, 11) is 0. The zero-order valence-corrected chi connectivity index (χ0v) is 7.98. The van der Waals surface area contributed by atoms with Crippen LogP contribution < -0.4 is 0 Å². The first-order valence-corrected chi connectivity index (χ1v) is 4.88. The Hall–Kier alpha value is -1.75. The number of nitrogens with zero attached hydrogens (tertiary/aromatic N) is 4. The Morgan fingerprint density at radius 3 is 3.07 bits per heavy atom. The maximum atomic E-state index is 4.26. The maximum Gasteiger partial charge on any atom is 0.128 e. The summed E-state index contributed by atoms with van der Waals surface area (Å²) >= 11 is 1.23. The molecule has 0 radical (unpaired) electrons. The molecule has 0 N–H and O–H groups in total. The molecular formula is C9H6N4S. The molecule has 3 aromatic rings. The van der Waals surface area contributed by atoms with Crippen molar-refractivity contribution in [2.75, 3.05) is 0 Å². The van der Waals surface area contributed by atoms with Crippen LogP contribution in [0.15, 0.2) is 36.9 Å². The summed E-state index contributed by atoms with van der Waals surface area (Å²) in [5.74, 6) is 0. The predicted molar refractivity (Wildman–Crippen MR) is 54.5 cm³/mol. The fraction of sp³-hybridized carbons (Fsp3) is 0. The standard InChI is InChI=1S/C9H6N4S/c1-2-7-9(12-14-11-7)8(3-1)13-5-4-10-6-13/h1-6H. The molecule has 0 atom stereocenters. The molecule has 0 fully saturated rings. The van der Waals surface area contributed by atoms with Crippen molar-refractivity contribution >= 4 is 22.8 Å². The first-order valence-electron chi connectivity index (χ1n) is 4.15. The molecule has 0 unspecified atom stereocenters. The number of hydrogen-bond donors (Lipinski definition) is 0. The molecule has 5 heteroatoms. The van der Waals surface area contributed by atoms with E-state index < -0.39 is 0 Å². The second kappa shape index (κ2) is 2.88. The number of benzene rings is 1. The Kier molecular flexibility index (Phi) is 1.57. The highest BCUT2D eigenvalue weighted by molar-refractivity contribution is 7.00. The Morgan fingerprint density at radius 2 is 2.21 bits per heavy atom. The van der Waals surface area contributed by atoms with E-state index >= 15 is 0 Å². The van der Waals surface area contributed by atoms with E-state index in [1.807, 2.05) is 29.0 Å². The van der Waals surface area contributed by atoms with Gasteiger partial charge in [-0.2, -0.15) is 8.75 Å². The molecule has 0 aliphatic heterocycles. The van der Waals surface area contributed by atoms with Crippen molar-refractivity contribution in [3.8, 4) is 5.69 Å². The topological polar surface area (TPSA) is 43.6 Å². The summed E-state index contributed by atoms with van der Waals surface area (Å²) in [4.78, 5) is 4.01. The zero-order chi connectivity index (χ0) is 9.38. The number of imidazole rings is 1. The predicted octanol–water partition coefficient (Wildman–Crippen LogP) is 1.88. The van der Waals surface area contributed by atoms with Gasteiger partial charge in [0.1, 0.15) is 11.0 Å². The molecule has 4 nitrogen and oxygen atoms in total. The van der Waals surface area contributed by atoms with Crippen molar-refractivity contribution in [3.05, 3.63) is 36.9 Å². The molecule has 0 saturated carbocycles. The highest BCUT2D eigenvalue weighted by Crippen LogP contribution is 2.19. The lowest BCUT2D eigenvalue weighted by molar-refractivity contribution is 1.07. The van der Waals surface area contributed by atoms with E-state index in [9.17, 15) is 0 Å². The third-order valence-electron chi connectivity index (χ3n) is 2.05. The normalized spacial score (nSPS) is 10.9. The lowest BCUT2D eigenvalue weighted by atomic mass is 10.2. The van der Waals surface area contributed by atoms with Crippen LogP contribution in [0.25, 0.3) is 16.7 Å². The van der Waals surface area contributed by atoms with Gasteiger partial charge in [-0.25, -0.2) is 4.98 Å².